The fraction of sp³-hybridized carbons (Fsp3) is 0.774. The van der Waals surface area contributed by atoms with Crippen molar-refractivity contribution in [1.29, 1.82) is 0 Å². The normalized spacial score (nSPS) is 15.0. The summed E-state index contributed by atoms with van der Waals surface area (Å²) < 4.78 is 15.5. The van der Waals surface area contributed by atoms with Crippen LogP contribution >= 0.6 is 0 Å². The van der Waals surface area contributed by atoms with E-state index in [0.29, 0.717) is 6.61 Å². The number of aliphatic hydroxyl groups excluding tert-OH is 1. The van der Waals surface area contributed by atoms with Crippen LogP contribution in [0.5, 0.6) is 0 Å². The lowest BCUT2D eigenvalue weighted by Gasteiger charge is -2.27. The third-order valence-corrected chi connectivity index (χ3v) is 6.79. The lowest BCUT2D eigenvalue weighted by atomic mass is 9.88. The van der Waals surface area contributed by atoms with E-state index in [1.165, 1.54) is 90.6 Å². The van der Waals surface area contributed by atoms with Gasteiger partial charge in [-0.25, -0.2) is 9.59 Å². The van der Waals surface area contributed by atoms with Crippen molar-refractivity contribution < 1.29 is 38.8 Å². The number of Topliss-reactive ketones (excluding diaryl/α,β-unsaturated/α-hetero) is 1. The van der Waals surface area contributed by atoms with Gasteiger partial charge in [0.15, 0.2) is 0 Å². The van der Waals surface area contributed by atoms with Crippen molar-refractivity contribution in [3.8, 4) is 0 Å². The van der Waals surface area contributed by atoms with Crippen LogP contribution in [0.3, 0.4) is 0 Å². The number of allylic oxidation sites excluding steroid dienone is 3. The van der Waals surface area contributed by atoms with Crippen molar-refractivity contribution in [1.82, 2.24) is 0 Å². The van der Waals surface area contributed by atoms with Gasteiger partial charge >= 0.3 is 17.7 Å². The molecule has 2 N–H and O–H groups in total. The van der Waals surface area contributed by atoms with Crippen LogP contribution in [0.1, 0.15) is 125 Å². The highest BCUT2D eigenvalue weighted by atomic mass is 16.7. The fourth-order valence-corrected chi connectivity index (χ4v) is 3.73. The molecule has 0 aliphatic carbocycles. The largest absolute Gasteiger partial charge is 0.487 e. The van der Waals surface area contributed by atoms with E-state index in [1.807, 2.05) is 0 Å². The average molecular weight is 555 g/mol. The van der Waals surface area contributed by atoms with E-state index in [0.717, 1.165) is 26.2 Å². The van der Waals surface area contributed by atoms with Gasteiger partial charge in [-0.3, -0.25) is 4.79 Å². The van der Waals surface area contributed by atoms with Crippen LogP contribution in [-0.4, -0.2) is 53.5 Å². The van der Waals surface area contributed by atoms with Gasteiger partial charge in [0.25, 0.3) is 0 Å². The summed E-state index contributed by atoms with van der Waals surface area (Å²) in [6.07, 6.45) is 22.0. The van der Waals surface area contributed by atoms with Crippen LogP contribution in [0, 0.1) is 5.41 Å². The monoisotopic (exact) mass is 554 g/mol. The fourth-order valence-electron chi connectivity index (χ4n) is 3.73. The molecule has 2 unspecified atom stereocenters. The van der Waals surface area contributed by atoms with Gasteiger partial charge < -0.3 is 24.4 Å². The summed E-state index contributed by atoms with van der Waals surface area (Å²) in [5, 5.41) is 19.8. The third kappa shape index (κ3) is 17.2. The maximum Gasteiger partial charge on any atom is 0.379 e. The predicted octanol–water partition coefficient (Wildman–Crippen LogP) is 6.33. The Labute approximate surface area is 236 Å². The molecule has 0 bridgehead atoms. The molecule has 0 aliphatic rings. The molecular weight excluding hydrogens is 500 g/mol. The molecule has 0 amide bonds. The first-order chi connectivity index (χ1) is 18.5. The van der Waals surface area contributed by atoms with E-state index in [-0.39, 0.29) is 11.5 Å². The van der Waals surface area contributed by atoms with Gasteiger partial charge in [-0.2, -0.15) is 0 Å². The molecule has 0 heterocycles. The number of hydrogen-bond donors (Lipinski definition) is 2. The minimum absolute atomic E-state index is 0.139. The van der Waals surface area contributed by atoms with Crippen LogP contribution in [-0.2, 0) is 28.6 Å². The summed E-state index contributed by atoms with van der Waals surface area (Å²) in [6.45, 7) is 6.96. The zero-order valence-electron chi connectivity index (χ0n) is 25.1. The first-order valence-electron chi connectivity index (χ1n) is 14.7. The molecule has 0 rings (SSSR count). The van der Waals surface area contributed by atoms with E-state index >= 15 is 0 Å². The summed E-state index contributed by atoms with van der Waals surface area (Å²) >= 11 is 0. The van der Waals surface area contributed by atoms with Crippen LogP contribution < -0.4 is 0 Å². The molecule has 0 saturated carbocycles. The van der Waals surface area contributed by atoms with Gasteiger partial charge in [0, 0.05) is 6.92 Å². The minimum Gasteiger partial charge on any atom is -0.487 e. The Morgan fingerprint density at radius 1 is 0.795 bits per heavy atom. The number of carbonyl (C=O) groups excluding carboxylic acids is 3. The van der Waals surface area contributed by atoms with E-state index < -0.39 is 36.4 Å². The molecular formula is C31H54O8. The summed E-state index contributed by atoms with van der Waals surface area (Å²) in [6, 6.07) is 0. The molecule has 0 saturated heterocycles. The van der Waals surface area contributed by atoms with Crippen molar-refractivity contribution in [2.75, 3.05) is 19.8 Å². The number of rotatable bonds is 24. The van der Waals surface area contributed by atoms with Crippen molar-refractivity contribution in [2.45, 2.75) is 130 Å². The lowest BCUT2D eigenvalue weighted by Crippen LogP contribution is -2.45. The highest BCUT2D eigenvalue weighted by molar-refractivity contribution is 5.90. The Balaban J connectivity index is 4.34. The van der Waals surface area contributed by atoms with Gasteiger partial charge in [-0.05, 0) is 33.3 Å². The summed E-state index contributed by atoms with van der Waals surface area (Å²) in [4.78, 5) is 36.6. The third-order valence-electron chi connectivity index (χ3n) is 6.79. The maximum atomic E-state index is 12.6. The number of esters is 2. The van der Waals surface area contributed by atoms with E-state index in [2.05, 4.69) is 6.92 Å². The molecule has 0 spiro atoms. The van der Waals surface area contributed by atoms with Gasteiger partial charge in [0.05, 0.1) is 18.6 Å². The standard InChI is InChI=1S/C31H54O8/c1-6-8-10-11-12-13-14-15-16-17-18-19-20-21-23-37-27(22-9-7-2)28(34)39-31(5,36)29(35)38-25-30(4,24-32)26(3)33/h7,9,22,32,36H,6,8,10-21,23-25H2,1-5H3/b9-7-,27-22-. The second-order valence-corrected chi connectivity index (χ2v) is 10.7. The molecule has 0 radical (unpaired) electrons. The van der Waals surface area contributed by atoms with Crippen molar-refractivity contribution in [2.24, 2.45) is 5.41 Å². The second kappa shape index (κ2) is 21.6. The van der Waals surface area contributed by atoms with Crippen molar-refractivity contribution in [3.63, 3.8) is 0 Å². The number of hydrogen-bond acceptors (Lipinski definition) is 8. The molecule has 2 atom stereocenters. The van der Waals surface area contributed by atoms with Gasteiger partial charge in [-0.1, -0.05) is 103 Å². The molecule has 0 aliphatic heterocycles. The van der Waals surface area contributed by atoms with Gasteiger partial charge in [0.2, 0.25) is 5.76 Å². The molecule has 8 heteroatoms. The summed E-state index contributed by atoms with van der Waals surface area (Å²) in [5.74, 6) is -5.40. The molecule has 8 nitrogen and oxygen atoms in total. The number of carbonyl (C=O) groups is 3. The molecule has 0 fully saturated rings. The van der Waals surface area contributed by atoms with E-state index in [9.17, 15) is 24.6 Å². The number of unbranched alkanes of at least 4 members (excludes halogenated alkanes) is 13. The molecule has 0 aromatic rings. The number of aliphatic hydroxyl groups is 2. The molecule has 0 aromatic heterocycles. The van der Waals surface area contributed by atoms with Gasteiger partial charge in [-0.15, -0.1) is 0 Å². The van der Waals surface area contributed by atoms with Crippen LogP contribution in [0.4, 0.5) is 0 Å². The zero-order chi connectivity index (χ0) is 29.6. The van der Waals surface area contributed by atoms with Crippen molar-refractivity contribution >= 4 is 17.7 Å². The van der Waals surface area contributed by atoms with Crippen molar-refractivity contribution in [3.05, 3.63) is 24.0 Å². The van der Waals surface area contributed by atoms with E-state index in [4.69, 9.17) is 14.2 Å². The predicted molar refractivity (Wildman–Crippen MR) is 153 cm³/mol. The zero-order valence-corrected chi connectivity index (χ0v) is 25.1. The maximum absolute atomic E-state index is 12.6. The molecule has 226 valence electrons. The highest BCUT2D eigenvalue weighted by Gasteiger charge is 2.40. The quantitative estimate of drug-likeness (QED) is 0.0355. The summed E-state index contributed by atoms with van der Waals surface area (Å²) in [5.41, 5.74) is -1.32. The average Bonchev–Trinajstić information content (AvgIpc) is 2.90. The Hall–Kier alpha value is -2.19. The lowest BCUT2D eigenvalue weighted by molar-refractivity contribution is -0.223. The Kier molecular flexibility index (Phi) is 20.4. The smallest absolute Gasteiger partial charge is 0.379 e. The minimum atomic E-state index is -2.60. The topological polar surface area (TPSA) is 119 Å². The van der Waals surface area contributed by atoms with Gasteiger partial charge in [0.1, 0.15) is 12.4 Å². The Morgan fingerprint density at radius 2 is 1.28 bits per heavy atom. The Morgan fingerprint density at radius 3 is 1.72 bits per heavy atom. The van der Waals surface area contributed by atoms with Crippen LogP contribution in [0.25, 0.3) is 0 Å². The Bertz CT molecular complexity index is 756. The first kappa shape index (κ1) is 36.8. The first-order valence-corrected chi connectivity index (χ1v) is 14.7. The second-order valence-electron chi connectivity index (χ2n) is 10.7. The molecule has 39 heavy (non-hydrogen) atoms. The van der Waals surface area contributed by atoms with Crippen LogP contribution in [0.2, 0.25) is 0 Å². The van der Waals surface area contributed by atoms with Crippen LogP contribution in [0.15, 0.2) is 24.0 Å². The highest BCUT2D eigenvalue weighted by Crippen LogP contribution is 2.20. The summed E-state index contributed by atoms with van der Waals surface area (Å²) in [7, 11) is 0. The molecule has 0 aromatic carbocycles. The SMILES string of the molecule is C/C=C\C=C(/OCCCCCCCCCCCCCCCC)C(=O)OC(C)(O)C(=O)OCC(C)(CO)C(C)=O. The van der Waals surface area contributed by atoms with E-state index in [1.54, 1.807) is 19.1 Å². The number of ketones is 1. The number of ether oxygens (including phenoxy) is 3.